The number of rotatable bonds is 6. The minimum absolute atomic E-state index is 0.0859. The van der Waals surface area contributed by atoms with Crippen LogP contribution in [0.4, 0.5) is 17.6 Å². The van der Waals surface area contributed by atoms with Crippen molar-refractivity contribution in [1.29, 1.82) is 0 Å². The average molecular weight is 470 g/mol. The van der Waals surface area contributed by atoms with Crippen LogP contribution in [0.25, 0.3) is 0 Å². The molecule has 0 fully saturated rings. The number of hydrogen-bond donors (Lipinski definition) is 2. The van der Waals surface area contributed by atoms with Crippen molar-refractivity contribution in [3.05, 3.63) is 86.9 Å². The largest absolute Gasteiger partial charge is 0.478 e. The predicted molar refractivity (Wildman–Crippen MR) is 107 cm³/mol. The Kier molecular flexibility index (Phi) is 6.54. The maximum atomic E-state index is 14.1. The average Bonchev–Trinajstić information content (AvgIpc) is 3.02. The number of halogens is 5. The molecule has 3 aromatic rings. The molecular formula is C21H16ClF4N3O3. The van der Waals surface area contributed by atoms with Gasteiger partial charge in [0, 0.05) is 30.6 Å². The highest BCUT2D eigenvalue weighted by Gasteiger charge is 2.41. The van der Waals surface area contributed by atoms with Gasteiger partial charge >= 0.3 is 12.1 Å². The summed E-state index contributed by atoms with van der Waals surface area (Å²) < 4.78 is 55.7. The molecule has 2 aromatic carbocycles. The Balaban J connectivity index is 1.92. The number of benzene rings is 2. The second kappa shape index (κ2) is 8.99. The first-order valence-corrected chi connectivity index (χ1v) is 9.52. The van der Waals surface area contributed by atoms with Crippen LogP contribution in [0.5, 0.6) is 0 Å². The number of alkyl halides is 3. The number of aromatic carboxylic acids is 1. The quantitative estimate of drug-likeness (QED) is 0.522. The summed E-state index contributed by atoms with van der Waals surface area (Å²) in [6, 6.07) is 9.43. The first kappa shape index (κ1) is 23.3. The maximum Gasteiger partial charge on any atom is 0.433 e. The minimum Gasteiger partial charge on any atom is -0.478 e. The molecule has 168 valence electrons. The lowest BCUT2D eigenvalue weighted by atomic mass is 10.0. The van der Waals surface area contributed by atoms with E-state index in [0.29, 0.717) is 15.3 Å². The lowest BCUT2D eigenvalue weighted by Gasteiger charge is -2.12. The molecular weight excluding hydrogens is 454 g/mol. The third-order valence-electron chi connectivity index (χ3n) is 4.62. The third-order valence-corrected chi connectivity index (χ3v) is 4.85. The van der Waals surface area contributed by atoms with E-state index in [9.17, 15) is 27.2 Å². The lowest BCUT2D eigenvalue weighted by molar-refractivity contribution is -0.144. The van der Waals surface area contributed by atoms with Crippen LogP contribution in [0.3, 0.4) is 0 Å². The highest BCUT2D eigenvalue weighted by atomic mass is 35.5. The van der Waals surface area contributed by atoms with Crippen LogP contribution < -0.4 is 5.32 Å². The molecule has 1 heterocycles. The highest BCUT2D eigenvalue weighted by Crippen LogP contribution is 2.34. The van der Waals surface area contributed by atoms with Gasteiger partial charge in [-0.2, -0.15) is 18.3 Å². The summed E-state index contributed by atoms with van der Waals surface area (Å²) in [6.07, 6.45) is -4.95. The number of hydrogen-bond acceptors (Lipinski definition) is 3. The minimum atomic E-state index is -4.87. The van der Waals surface area contributed by atoms with Crippen LogP contribution in [0.2, 0.25) is 5.02 Å². The Morgan fingerprint density at radius 1 is 1.19 bits per heavy atom. The van der Waals surface area contributed by atoms with Gasteiger partial charge in [-0.1, -0.05) is 29.8 Å². The fourth-order valence-corrected chi connectivity index (χ4v) is 3.41. The number of carbonyl (C=O) groups is 2. The lowest BCUT2D eigenvalue weighted by Crippen LogP contribution is -2.27. The van der Waals surface area contributed by atoms with Gasteiger partial charge in [0.15, 0.2) is 5.69 Å². The normalized spacial score (nSPS) is 11.4. The number of nitrogens with zero attached hydrogens (tertiary/aromatic N) is 2. The number of aromatic nitrogens is 2. The monoisotopic (exact) mass is 469 g/mol. The van der Waals surface area contributed by atoms with E-state index >= 15 is 0 Å². The van der Waals surface area contributed by atoms with Crippen LogP contribution in [0.15, 0.2) is 42.5 Å². The van der Waals surface area contributed by atoms with Crippen LogP contribution in [-0.2, 0) is 26.2 Å². The van der Waals surface area contributed by atoms with Crippen molar-refractivity contribution in [1.82, 2.24) is 15.1 Å². The summed E-state index contributed by atoms with van der Waals surface area (Å²) in [7, 11) is 1.07. The smallest absolute Gasteiger partial charge is 0.433 e. The molecule has 0 aliphatic heterocycles. The highest BCUT2D eigenvalue weighted by molar-refractivity contribution is 6.30. The first-order valence-electron chi connectivity index (χ1n) is 9.14. The van der Waals surface area contributed by atoms with Crippen molar-refractivity contribution < 1.29 is 32.3 Å². The van der Waals surface area contributed by atoms with E-state index in [1.807, 2.05) is 0 Å². The number of carboxylic acids is 1. The zero-order valence-electron chi connectivity index (χ0n) is 16.5. The van der Waals surface area contributed by atoms with Crippen molar-refractivity contribution in [2.45, 2.75) is 19.1 Å². The van der Waals surface area contributed by atoms with E-state index in [4.69, 9.17) is 16.7 Å². The van der Waals surface area contributed by atoms with Crippen molar-refractivity contribution in [3.63, 3.8) is 0 Å². The van der Waals surface area contributed by atoms with Gasteiger partial charge in [-0.3, -0.25) is 9.48 Å². The second-order valence-corrected chi connectivity index (χ2v) is 7.33. The Labute approximate surface area is 184 Å². The first-order chi connectivity index (χ1) is 15.0. The fourth-order valence-electron chi connectivity index (χ4n) is 3.19. The van der Waals surface area contributed by atoms with E-state index in [1.165, 1.54) is 0 Å². The predicted octanol–water partition coefficient (Wildman–Crippen LogP) is 4.45. The van der Waals surface area contributed by atoms with Crippen LogP contribution in [-0.4, -0.2) is 26.8 Å². The maximum absolute atomic E-state index is 14.1. The van der Waals surface area contributed by atoms with Crippen molar-refractivity contribution >= 4 is 23.5 Å². The number of amides is 1. The molecule has 0 aliphatic rings. The van der Waals surface area contributed by atoms with Crippen LogP contribution >= 0.6 is 11.6 Å². The number of carbonyl (C=O) groups excluding carboxylic acids is 1. The molecule has 0 atom stereocenters. The molecule has 0 saturated heterocycles. The van der Waals surface area contributed by atoms with E-state index < -0.39 is 41.7 Å². The summed E-state index contributed by atoms with van der Waals surface area (Å²) in [5.74, 6) is -3.34. The van der Waals surface area contributed by atoms with E-state index in [1.54, 1.807) is 24.3 Å². The van der Waals surface area contributed by atoms with Crippen molar-refractivity contribution in [2.75, 3.05) is 0 Å². The molecule has 0 unspecified atom stereocenters. The fraction of sp³-hybridized carbons (Fsp3) is 0.190. The SMILES string of the molecule is Cn1nc(Cc2cccc(Cl)c2)c(C(=O)NCc2ccc(C(=O)O)cc2F)c1C(F)(F)F. The van der Waals surface area contributed by atoms with Gasteiger partial charge in [0.2, 0.25) is 0 Å². The second-order valence-electron chi connectivity index (χ2n) is 6.89. The summed E-state index contributed by atoms with van der Waals surface area (Å²) in [6.45, 7) is -0.451. The van der Waals surface area contributed by atoms with E-state index in [0.717, 1.165) is 25.2 Å². The third kappa shape index (κ3) is 5.08. The summed E-state index contributed by atoms with van der Waals surface area (Å²) in [5.41, 5.74) is -1.88. The zero-order valence-corrected chi connectivity index (χ0v) is 17.3. The van der Waals surface area contributed by atoms with Crippen molar-refractivity contribution in [2.24, 2.45) is 7.05 Å². The van der Waals surface area contributed by atoms with Crippen molar-refractivity contribution in [3.8, 4) is 0 Å². The molecule has 6 nitrogen and oxygen atoms in total. The van der Waals surface area contributed by atoms with Gasteiger partial charge < -0.3 is 10.4 Å². The molecule has 0 saturated carbocycles. The molecule has 32 heavy (non-hydrogen) atoms. The summed E-state index contributed by atoms with van der Waals surface area (Å²) >= 11 is 5.93. The van der Waals surface area contributed by atoms with Gasteiger partial charge in [0.1, 0.15) is 5.82 Å². The van der Waals surface area contributed by atoms with Gasteiger partial charge in [0.05, 0.1) is 16.8 Å². The number of carboxylic acid groups (broad SMARTS) is 1. The molecule has 2 N–H and O–H groups in total. The number of nitrogens with one attached hydrogen (secondary N) is 1. The van der Waals surface area contributed by atoms with E-state index in [2.05, 4.69) is 10.4 Å². The van der Waals surface area contributed by atoms with Gasteiger partial charge in [-0.25, -0.2) is 9.18 Å². The molecule has 11 heteroatoms. The Morgan fingerprint density at radius 3 is 2.50 bits per heavy atom. The summed E-state index contributed by atoms with van der Waals surface area (Å²) in [5, 5.41) is 15.4. The topological polar surface area (TPSA) is 84.2 Å². The Morgan fingerprint density at radius 2 is 1.91 bits per heavy atom. The molecule has 0 spiro atoms. The van der Waals surface area contributed by atoms with Gasteiger partial charge in [0.25, 0.3) is 5.91 Å². The van der Waals surface area contributed by atoms with Crippen LogP contribution in [0, 0.1) is 5.82 Å². The standard InChI is InChI=1S/C21H16ClF4N3O3/c1-29-18(21(24,25)26)17(16(28-29)8-11-3-2-4-14(22)7-11)19(30)27-10-13-6-5-12(20(31)32)9-15(13)23/h2-7,9H,8,10H2,1H3,(H,27,30)(H,31,32). The molecule has 1 amide bonds. The molecule has 0 aliphatic carbocycles. The van der Waals surface area contributed by atoms with E-state index in [-0.39, 0.29) is 23.2 Å². The van der Waals surface area contributed by atoms with Gasteiger partial charge in [-0.05, 0) is 29.8 Å². The zero-order chi connectivity index (χ0) is 23.6. The Hall–Kier alpha value is -3.40. The molecule has 1 aromatic heterocycles. The number of aryl methyl sites for hydroxylation is 1. The summed E-state index contributed by atoms with van der Waals surface area (Å²) in [4.78, 5) is 23.7. The Bertz CT molecular complexity index is 1190. The molecule has 0 bridgehead atoms. The molecule has 3 rings (SSSR count). The van der Waals surface area contributed by atoms with Gasteiger partial charge in [-0.15, -0.1) is 0 Å². The van der Waals surface area contributed by atoms with Crippen LogP contribution in [0.1, 0.15) is 43.2 Å². The molecule has 0 radical (unpaired) electrons.